The van der Waals surface area contributed by atoms with E-state index in [2.05, 4.69) is 52.8 Å². The summed E-state index contributed by atoms with van der Waals surface area (Å²) in [6.45, 7) is 11.8. The van der Waals surface area contributed by atoms with Crippen molar-refractivity contribution < 1.29 is 9.47 Å². The van der Waals surface area contributed by atoms with Crippen molar-refractivity contribution >= 4 is 0 Å². The first kappa shape index (κ1) is 26.6. The van der Waals surface area contributed by atoms with E-state index in [1.54, 1.807) is 14.2 Å². The number of benzene rings is 1. The van der Waals surface area contributed by atoms with Gasteiger partial charge in [-0.3, -0.25) is 0 Å². The summed E-state index contributed by atoms with van der Waals surface area (Å²) in [7, 11) is 3.37. The summed E-state index contributed by atoms with van der Waals surface area (Å²) in [6, 6.07) is 6.19. The Kier molecular flexibility index (Phi) is 13.6. The molecule has 1 aromatic carbocycles. The second-order valence-corrected chi connectivity index (χ2v) is 9.80. The molecular formula is C28H48O2. The number of hydrogen-bond donors (Lipinski definition) is 0. The van der Waals surface area contributed by atoms with E-state index in [9.17, 15) is 0 Å². The largest absolute Gasteiger partial charge is 0.493 e. The van der Waals surface area contributed by atoms with Crippen LogP contribution in [0.15, 0.2) is 29.8 Å². The Hall–Kier alpha value is -1.44. The zero-order valence-electron chi connectivity index (χ0n) is 20.9. The van der Waals surface area contributed by atoms with Crippen molar-refractivity contribution in [2.45, 2.75) is 98.8 Å². The monoisotopic (exact) mass is 416 g/mol. The fraction of sp³-hybridized carbons (Fsp3) is 0.714. The summed E-state index contributed by atoms with van der Waals surface area (Å²) in [4.78, 5) is 0. The summed E-state index contributed by atoms with van der Waals surface area (Å²) in [5.41, 5.74) is 2.76. The normalized spacial score (nSPS) is 14.1. The van der Waals surface area contributed by atoms with Gasteiger partial charge in [-0.1, -0.05) is 90.4 Å². The van der Waals surface area contributed by atoms with Crippen molar-refractivity contribution in [3.05, 3.63) is 35.4 Å². The molecule has 2 nitrogen and oxygen atoms in total. The fourth-order valence-corrected chi connectivity index (χ4v) is 4.11. The third-order valence-corrected chi connectivity index (χ3v) is 6.27. The summed E-state index contributed by atoms with van der Waals surface area (Å²) in [5, 5.41) is 0. The van der Waals surface area contributed by atoms with E-state index >= 15 is 0 Å². The fourth-order valence-electron chi connectivity index (χ4n) is 4.11. The van der Waals surface area contributed by atoms with Gasteiger partial charge < -0.3 is 9.47 Å². The number of ether oxygens (including phenoxy) is 2. The maximum atomic E-state index is 5.40. The molecule has 2 atom stereocenters. The summed E-state index contributed by atoms with van der Waals surface area (Å²) in [6.07, 6.45) is 15.6. The van der Waals surface area contributed by atoms with Crippen molar-refractivity contribution in [1.82, 2.24) is 0 Å². The minimum absolute atomic E-state index is 0.792. The van der Waals surface area contributed by atoms with Crippen molar-refractivity contribution in [3.8, 4) is 11.5 Å². The molecule has 30 heavy (non-hydrogen) atoms. The maximum Gasteiger partial charge on any atom is 0.160 e. The average molecular weight is 417 g/mol. The van der Waals surface area contributed by atoms with Crippen LogP contribution in [-0.4, -0.2) is 14.2 Å². The van der Waals surface area contributed by atoms with E-state index in [1.807, 2.05) is 6.07 Å². The summed E-state index contributed by atoms with van der Waals surface area (Å²) < 4.78 is 10.7. The standard InChI is InChI=1S/C28H48O2/c1-22(2)11-8-12-23(3)13-9-14-24(4)15-10-16-25(5)17-18-26-19-20-27(29-6)28(21-26)30-7/h17,19-24H,8-16,18H2,1-7H3. The molecule has 1 rings (SSSR count). The van der Waals surface area contributed by atoms with Crippen LogP contribution in [0, 0.1) is 17.8 Å². The smallest absolute Gasteiger partial charge is 0.160 e. The van der Waals surface area contributed by atoms with Crippen LogP contribution < -0.4 is 9.47 Å². The Morgan fingerprint density at radius 3 is 1.93 bits per heavy atom. The first-order valence-electron chi connectivity index (χ1n) is 12.2. The van der Waals surface area contributed by atoms with E-state index in [0.717, 1.165) is 35.7 Å². The molecule has 0 heterocycles. The van der Waals surface area contributed by atoms with Gasteiger partial charge in [-0.2, -0.15) is 0 Å². The minimum Gasteiger partial charge on any atom is -0.493 e. The molecule has 0 aromatic heterocycles. The first-order valence-corrected chi connectivity index (χ1v) is 12.2. The predicted molar refractivity (Wildman–Crippen MR) is 132 cm³/mol. The van der Waals surface area contributed by atoms with Crippen LogP contribution in [0.3, 0.4) is 0 Å². The Bertz CT molecular complexity index is 603. The molecule has 0 spiro atoms. The lowest BCUT2D eigenvalue weighted by molar-refractivity contribution is 0.354. The van der Waals surface area contributed by atoms with Crippen LogP contribution >= 0.6 is 0 Å². The second kappa shape index (κ2) is 15.4. The predicted octanol–water partition coefficient (Wildman–Crippen LogP) is 8.63. The SMILES string of the molecule is COc1ccc(CC=C(C)CCCC(C)CCCC(C)CCCC(C)C)cc1OC. The highest BCUT2D eigenvalue weighted by Gasteiger charge is 2.07. The van der Waals surface area contributed by atoms with Gasteiger partial charge in [-0.05, 0) is 61.6 Å². The van der Waals surface area contributed by atoms with E-state index in [-0.39, 0.29) is 0 Å². The van der Waals surface area contributed by atoms with Gasteiger partial charge in [-0.25, -0.2) is 0 Å². The third kappa shape index (κ3) is 11.7. The van der Waals surface area contributed by atoms with E-state index < -0.39 is 0 Å². The molecule has 0 N–H and O–H groups in total. The number of rotatable bonds is 16. The van der Waals surface area contributed by atoms with Gasteiger partial charge >= 0.3 is 0 Å². The molecule has 0 aliphatic carbocycles. The lowest BCUT2D eigenvalue weighted by Crippen LogP contribution is -2.00. The van der Waals surface area contributed by atoms with Gasteiger partial charge in [0.05, 0.1) is 14.2 Å². The van der Waals surface area contributed by atoms with Crippen LogP contribution in [0.1, 0.15) is 98.0 Å². The van der Waals surface area contributed by atoms with Gasteiger partial charge in [-0.15, -0.1) is 0 Å². The lowest BCUT2D eigenvalue weighted by atomic mass is 9.91. The molecule has 172 valence electrons. The van der Waals surface area contributed by atoms with Crippen LogP contribution in [0.2, 0.25) is 0 Å². The quantitative estimate of drug-likeness (QED) is 0.251. The molecule has 0 saturated carbocycles. The molecule has 0 saturated heterocycles. The summed E-state index contributed by atoms with van der Waals surface area (Å²) in [5.74, 6) is 4.21. The lowest BCUT2D eigenvalue weighted by Gasteiger charge is -2.15. The number of methoxy groups -OCH3 is 2. The second-order valence-electron chi connectivity index (χ2n) is 9.80. The summed E-state index contributed by atoms with van der Waals surface area (Å²) >= 11 is 0. The van der Waals surface area contributed by atoms with E-state index in [1.165, 1.54) is 68.9 Å². The van der Waals surface area contributed by atoms with Crippen LogP contribution in [0.5, 0.6) is 11.5 Å². The Morgan fingerprint density at radius 1 is 0.800 bits per heavy atom. The zero-order chi connectivity index (χ0) is 22.4. The first-order chi connectivity index (χ1) is 14.3. The molecule has 2 heteroatoms. The molecular weight excluding hydrogens is 368 g/mol. The highest BCUT2D eigenvalue weighted by molar-refractivity contribution is 5.43. The molecule has 0 amide bonds. The van der Waals surface area contributed by atoms with Gasteiger partial charge in [0.25, 0.3) is 0 Å². The van der Waals surface area contributed by atoms with Crippen LogP contribution in [0.25, 0.3) is 0 Å². The van der Waals surface area contributed by atoms with Crippen LogP contribution in [-0.2, 0) is 6.42 Å². The van der Waals surface area contributed by atoms with Crippen molar-refractivity contribution in [1.29, 1.82) is 0 Å². The van der Waals surface area contributed by atoms with Gasteiger partial charge in [0.1, 0.15) is 0 Å². The van der Waals surface area contributed by atoms with Gasteiger partial charge in [0.15, 0.2) is 11.5 Å². The highest BCUT2D eigenvalue weighted by atomic mass is 16.5. The molecule has 0 aliphatic rings. The molecule has 0 bridgehead atoms. The van der Waals surface area contributed by atoms with E-state index in [0.29, 0.717) is 0 Å². The molecule has 0 radical (unpaired) electrons. The Labute approximate surface area is 187 Å². The zero-order valence-corrected chi connectivity index (χ0v) is 20.9. The topological polar surface area (TPSA) is 18.5 Å². The molecule has 0 fully saturated rings. The average Bonchev–Trinajstić information content (AvgIpc) is 2.71. The van der Waals surface area contributed by atoms with E-state index in [4.69, 9.17) is 9.47 Å². The molecule has 0 aliphatic heterocycles. The van der Waals surface area contributed by atoms with Crippen LogP contribution in [0.4, 0.5) is 0 Å². The minimum atomic E-state index is 0.792. The number of hydrogen-bond acceptors (Lipinski definition) is 2. The third-order valence-electron chi connectivity index (χ3n) is 6.27. The molecule has 1 aromatic rings. The molecule has 2 unspecified atom stereocenters. The number of allylic oxidation sites excluding steroid dienone is 2. The van der Waals surface area contributed by atoms with Crippen molar-refractivity contribution in [2.75, 3.05) is 14.2 Å². The highest BCUT2D eigenvalue weighted by Crippen LogP contribution is 2.28. The Balaban J connectivity index is 2.21. The van der Waals surface area contributed by atoms with Crippen molar-refractivity contribution in [2.24, 2.45) is 17.8 Å². The Morgan fingerprint density at radius 2 is 1.37 bits per heavy atom. The van der Waals surface area contributed by atoms with Crippen molar-refractivity contribution in [3.63, 3.8) is 0 Å². The van der Waals surface area contributed by atoms with Gasteiger partial charge in [0, 0.05) is 0 Å². The maximum absolute atomic E-state index is 5.40. The van der Waals surface area contributed by atoms with Gasteiger partial charge in [0.2, 0.25) is 0 Å².